The molecule has 20 heavy (non-hydrogen) atoms. The van der Waals surface area contributed by atoms with Gasteiger partial charge < -0.3 is 4.90 Å². The number of aromatic amines is 1. The van der Waals surface area contributed by atoms with Gasteiger partial charge in [-0.1, -0.05) is 38.5 Å². The van der Waals surface area contributed by atoms with E-state index in [0.29, 0.717) is 11.1 Å². The van der Waals surface area contributed by atoms with Crippen LogP contribution in [0.25, 0.3) is 10.9 Å². The number of hydrogen-bond donors (Lipinski definition) is 1. The van der Waals surface area contributed by atoms with E-state index >= 15 is 0 Å². The Morgan fingerprint density at radius 2 is 2.05 bits per heavy atom. The second-order valence-corrected chi connectivity index (χ2v) is 6.07. The molecule has 1 aromatic carbocycles. The minimum absolute atomic E-state index is 0.0561. The van der Waals surface area contributed by atoms with E-state index in [2.05, 4.69) is 24.0 Å². The molecule has 2 aromatic rings. The minimum atomic E-state index is 0.0561. The van der Waals surface area contributed by atoms with Gasteiger partial charge >= 0.3 is 0 Å². The number of nitrogens with zero attached hydrogens (tertiary/aromatic N) is 2. The van der Waals surface area contributed by atoms with E-state index in [1.54, 1.807) is 0 Å². The Kier molecular flexibility index (Phi) is 3.24. The molecule has 1 aliphatic heterocycles. The van der Waals surface area contributed by atoms with Crippen LogP contribution in [0.5, 0.6) is 0 Å². The number of fused-ring (bicyclic) bond motifs is 1. The van der Waals surface area contributed by atoms with Gasteiger partial charge in [0.2, 0.25) is 0 Å². The average Bonchev–Trinajstić information content (AvgIpc) is 2.91. The third-order valence-corrected chi connectivity index (χ3v) is 4.78. The molecule has 1 aromatic heterocycles. The van der Waals surface area contributed by atoms with Gasteiger partial charge in [0.15, 0.2) is 5.69 Å². The monoisotopic (exact) mass is 271 g/mol. The Hall–Kier alpha value is -1.84. The lowest BCUT2D eigenvalue weighted by Gasteiger charge is -2.38. The molecule has 2 heterocycles. The summed E-state index contributed by atoms with van der Waals surface area (Å²) in [5.74, 6) is 0.0561. The van der Waals surface area contributed by atoms with E-state index < -0.39 is 0 Å². The highest BCUT2D eigenvalue weighted by molar-refractivity contribution is 6.04. The Bertz CT molecular complexity index is 623. The zero-order valence-electron chi connectivity index (χ0n) is 12.1. The zero-order valence-corrected chi connectivity index (χ0v) is 12.1. The molecule has 1 fully saturated rings. The molecule has 1 amide bonds. The van der Waals surface area contributed by atoms with Gasteiger partial charge in [0.1, 0.15) is 0 Å². The lowest BCUT2D eigenvalue weighted by atomic mass is 9.78. The third kappa shape index (κ3) is 2.19. The predicted molar refractivity (Wildman–Crippen MR) is 79.6 cm³/mol. The summed E-state index contributed by atoms with van der Waals surface area (Å²) < 4.78 is 0. The zero-order chi connectivity index (χ0) is 14.2. The average molecular weight is 271 g/mol. The molecule has 0 bridgehead atoms. The number of carbonyl (C=O) groups excluding carboxylic acids is 1. The summed E-state index contributed by atoms with van der Waals surface area (Å²) in [6, 6.07) is 7.79. The van der Waals surface area contributed by atoms with Crippen LogP contribution in [0.15, 0.2) is 24.3 Å². The molecule has 0 saturated carbocycles. The van der Waals surface area contributed by atoms with Crippen molar-refractivity contribution in [1.29, 1.82) is 0 Å². The van der Waals surface area contributed by atoms with Crippen molar-refractivity contribution in [1.82, 2.24) is 15.1 Å². The molecule has 1 N–H and O–H groups in total. The molecule has 1 aliphatic rings. The number of likely N-dealkylation sites (tertiary alicyclic amines) is 1. The standard InChI is InChI=1S/C16H21N3O/c1-3-16(2)8-10-19(11-9-16)15(20)14-12-6-4-5-7-13(12)17-18-14/h4-7H,3,8-11H2,1-2H3,(H,17,18). The van der Waals surface area contributed by atoms with Crippen molar-refractivity contribution in [2.45, 2.75) is 33.1 Å². The van der Waals surface area contributed by atoms with Gasteiger partial charge in [-0.25, -0.2) is 0 Å². The first-order valence-corrected chi connectivity index (χ1v) is 7.35. The topological polar surface area (TPSA) is 49.0 Å². The Labute approximate surface area is 119 Å². The van der Waals surface area contributed by atoms with E-state index in [0.717, 1.165) is 36.8 Å². The summed E-state index contributed by atoms with van der Waals surface area (Å²) in [5, 5.41) is 8.07. The quantitative estimate of drug-likeness (QED) is 0.911. The molecule has 3 rings (SSSR count). The van der Waals surface area contributed by atoms with Gasteiger partial charge in [0, 0.05) is 18.5 Å². The van der Waals surface area contributed by atoms with E-state index in [1.807, 2.05) is 29.2 Å². The van der Waals surface area contributed by atoms with Crippen LogP contribution in [0.2, 0.25) is 0 Å². The Balaban J connectivity index is 1.80. The molecule has 1 saturated heterocycles. The minimum Gasteiger partial charge on any atom is -0.337 e. The molecule has 106 valence electrons. The number of benzene rings is 1. The maximum absolute atomic E-state index is 12.6. The number of aromatic nitrogens is 2. The van der Waals surface area contributed by atoms with Crippen molar-refractivity contribution in [2.24, 2.45) is 5.41 Å². The number of carbonyl (C=O) groups is 1. The number of nitrogens with one attached hydrogen (secondary N) is 1. The highest BCUT2D eigenvalue weighted by Crippen LogP contribution is 2.34. The number of H-pyrrole nitrogens is 1. The van der Waals surface area contributed by atoms with Crippen molar-refractivity contribution in [3.8, 4) is 0 Å². The third-order valence-electron chi connectivity index (χ3n) is 4.78. The highest BCUT2D eigenvalue weighted by Gasteiger charge is 2.31. The highest BCUT2D eigenvalue weighted by atomic mass is 16.2. The summed E-state index contributed by atoms with van der Waals surface area (Å²) in [6.07, 6.45) is 3.34. The molecular formula is C16H21N3O. The fraction of sp³-hybridized carbons (Fsp3) is 0.500. The molecule has 0 atom stereocenters. The lowest BCUT2D eigenvalue weighted by Crippen LogP contribution is -2.42. The van der Waals surface area contributed by atoms with Crippen LogP contribution in [0.3, 0.4) is 0 Å². The van der Waals surface area contributed by atoms with E-state index in [9.17, 15) is 4.79 Å². The summed E-state index contributed by atoms with van der Waals surface area (Å²) in [5.41, 5.74) is 1.87. The first-order valence-electron chi connectivity index (χ1n) is 7.35. The molecular weight excluding hydrogens is 250 g/mol. The number of amides is 1. The van der Waals surface area contributed by atoms with Crippen LogP contribution in [0.1, 0.15) is 43.6 Å². The number of hydrogen-bond acceptors (Lipinski definition) is 2. The smallest absolute Gasteiger partial charge is 0.274 e. The van der Waals surface area contributed by atoms with Gasteiger partial charge in [-0.15, -0.1) is 0 Å². The van der Waals surface area contributed by atoms with Crippen LogP contribution in [0.4, 0.5) is 0 Å². The second-order valence-electron chi connectivity index (χ2n) is 6.07. The van der Waals surface area contributed by atoms with Gasteiger partial charge in [0.25, 0.3) is 5.91 Å². The van der Waals surface area contributed by atoms with Gasteiger partial charge in [-0.2, -0.15) is 5.10 Å². The molecule has 0 unspecified atom stereocenters. The SMILES string of the molecule is CCC1(C)CCN(C(=O)c2n[nH]c3ccccc23)CC1. The van der Waals surface area contributed by atoms with Crippen molar-refractivity contribution in [2.75, 3.05) is 13.1 Å². The number of para-hydroxylation sites is 1. The maximum atomic E-state index is 12.6. The Morgan fingerprint density at radius 1 is 1.35 bits per heavy atom. The summed E-state index contributed by atoms with van der Waals surface area (Å²) >= 11 is 0. The Morgan fingerprint density at radius 3 is 2.75 bits per heavy atom. The van der Waals surface area contributed by atoms with Crippen LogP contribution in [0, 0.1) is 5.41 Å². The number of rotatable bonds is 2. The summed E-state index contributed by atoms with van der Waals surface area (Å²) in [6.45, 7) is 6.23. The molecule has 4 heteroatoms. The first kappa shape index (κ1) is 13.2. The molecule has 0 radical (unpaired) electrons. The van der Waals surface area contributed by atoms with Crippen molar-refractivity contribution < 1.29 is 4.79 Å². The van der Waals surface area contributed by atoms with Gasteiger partial charge in [-0.3, -0.25) is 9.89 Å². The molecule has 0 aliphatic carbocycles. The van der Waals surface area contributed by atoms with Gasteiger partial charge in [0.05, 0.1) is 5.52 Å². The summed E-state index contributed by atoms with van der Waals surface area (Å²) in [4.78, 5) is 14.6. The van der Waals surface area contributed by atoms with E-state index in [4.69, 9.17) is 0 Å². The van der Waals surface area contributed by atoms with Crippen molar-refractivity contribution in [3.63, 3.8) is 0 Å². The summed E-state index contributed by atoms with van der Waals surface area (Å²) in [7, 11) is 0. The second kappa shape index (κ2) is 4.93. The van der Waals surface area contributed by atoms with Crippen LogP contribution < -0.4 is 0 Å². The fourth-order valence-electron chi connectivity index (χ4n) is 2.88. The predicted octanol–water partition coefficient (Wildman–Crippen LogP) is 3.22. The fourth-order valence-corrected chi connectivity index (χ4v) is 2.88. The van der Waals surface area contributed by atoms with Crippen molar-refractivity contribution in [3.05, 3.63) is 30.0 Å². The maximum Gasteiger partial charge on any atom is 0.274 e. The van der Waals surface area contributed by atoms with Crippen LogP contribution in [-0.4, -0.2) is 34.1 Å². The largest absolute Gasteiger partial charge is 0.337 e. The lowest BCUT2D eigenvalue weighted by molar-refractivity contribution is 0.0596. The normalized spacial score (nSPS) is 18.4. The van der Waals surface area contributed by atoms with Crippen molar-refractivity contribution >= 4 is 16.8 Å². The van der Waals surface area contributed by atoms with E-state index in [1.165, 1.54) is 6.42 Å². The van der Waals surface area contributed by atoms with Crippen LogP contribution >= 0.6 is 0 Å². The van der Waals surface area contributed by atoms with E-state index in [-0.39, 0.29) is 5.91 Å². The molecule has 0 spiro atoms. The van der Waals surface area contributed by atoms with Crippen LogP contribution in [-0.2, 0) is 0 Å². The number of piperidine rings is 1. The van der Waals surface area contributed by atoms with Gasteiger partial charge in [-0.05, 0) is 24.3 Å². The first-order chi connectivity index (χ1) is 9.63. The molecule has 4 nitrogen and oxygen atoms in total.